The Morgan fingerprint density at radius 2 is 2.23 bits per heavy atom. The van der Waals surface area contributed by atoms with E-state index in [1.165, 1.54) is 0 Å². The van der Waals surface area contributed by atoms with E-state index in [0.717, 1.165) is 35.8 Å². The number of nitrogens with zero attached hydrogens (tertiary/aromatic N) is 3. The van der Waals surface area contributed by atoms with Gasteiger partial charge in [-0.3, -0.25) is 9.59 Å². The predicted octanol–water partition coefficient (Wildman–Crippen LogP) is 2.77. The Hall–Kier alpha value is -2.15. The van der Waals surface area contributed by atoms with E-state index in [2.05, 4.69) is 5.32 Å². The van der Waals surface area contributed by atoms with E-state index < -0.39 is 0 Å². The Balaban J connectivity index is 1.62. The summed E-state index contributed by atoms with van der Waals surface area (Å²) in [5.74, 6) is 0.371. The Labute approximate surface area is 158 Å². The highest BCUT2D eigenvalue weighted by Gasteiger charge is 2.28. The molecule has 1 unspecified atom stereocenters. The van der Waals surface area contributed by atoms with Gasteiger partial charge in [-0.1, -0.05) is 13.8 Å². The number of aromatic nitrogens is 2. The molecule has 0 aromatic carbocycles. The first-order valence-electron chi connectivity index (χ1n) is 9.08. The molecule has 1 atom stereocenters. The summed E-state index contributed by atoms with van der Waals surface area (Å²) in [6.45, 7) is 5.72. The minimum atomic E-state index is -0.0245. The van der Waals surface area contributed by atoms with Crippen molar-refractivity contribution in [3.8, 4) is 0 Å². The summed E-state index contributed by atoms with van der Waals surface area (Å²) in [4.78, 5) is 31.1. The topological polar surface area (TPSA) is 67.2 Å². The van der Waals surface area contributed by atoms with Crippen LogP contribution >= 0.6 is 11.3 Å². The number of thiazole rings is 1. The zero-order valence-electron chi connectivity index (χ0n) is 15.6. The Morgan fingerprint density at radius 3 is 2.92 bits per heavy atom. The SMILES string of the molecule is CC(C)C(=O)NCc1csc(C2CCCN(C(=O)c3cccn3C)C2)n1. The maximum atomic E-state index is 12.7. The minimum Gasteiger partial charge on any atom is -0.350 e. The fraction of sp³-hybridized carbons (Fsp3) is 0.526. The fourth-order valence-electron chi connectivity index (χ4n) is 3.18. The zero-order chi connectivity index (χ0) is 18.7. The van der Waals surface area contributed by atoms with Gasteiger partial charge in [-0.05, 0) is 25.0 Å². The highest BCUT2D eigenvalue weighted by molar-refractivity contribution is 7.09. The number of hydrogen-bond donors (Lipinski definition) is 1. The largest absolute Gasteiger partial charge is 0.350 e. The summed E-state index contributed by atoms with van der Waals surface area (Å²) in [5, 5.41) is 5.97. The lowest BCUT2D eigenvalue weighted by Gasteiger charge is -2.32. The molecule has 1 fully saturated rings. The van der Waals surface area contributed by atoms with Gasteiger partial charge in [0, 0.05) is 43.5 Å². The van der Waals surface area contributed by atoms with Gasteiger partial charge in [0.15, 0.2) is 0 Å². The zero-order valence-corrected chi connectivity index (χ0v) is 16.4. The van der Waals surface area contributed by atoms with E-state index in [0.29, 0.717) is 13.1 Å². The van der Waals surface area contributed by atoms with E-state index in [9.17, 15) is 9.59 Å². The van der Waals surface area contributed by atoms with Gasteiger partial charge in [0.25, 0.3) is 5.91 Å². The average molecular weight is 375 g/mol. The molecule has 7 heteroatoms. The number of amides is 2. The van der Waals surface area contributed by atoms with Gasteiger partial charge in [0.1, 0.15) is 5.69 Å². The smallest absolute Gasteiger partial charge is 0.270 e. The van der Waals surface area contributed by atoms with Gasteiger partial charge in [-0.15, -0.1) is 11.3 Å². The second kappa shape index (κ2) is 8.03. The van der Waals surface area contributed by atoms with E-state index in [4.69, 9.17) is 4.98 Å². The second-order valence-electron chi connectivity index (χ2n) is 7.14. The van der Waals surface area contributed by atoms with Crippen LogP contribution < -0.4 is 5.32 Å². The molecule has 3 rings (SSSR count). The number of rotatable bonds is 5. The minimum absolute atomic E-state index is 0.0245. The van der Waals surface area contributed by atoms with Crippen LogP contribution in [-0.4, -0.2) is 39.4 Å². The van der Waals surface area contributed by atoms with Crippen molar-refractivity contribution in [2.45, 2.75) is 39.2 Å². The molecule has 2 aromatic rings. The van der Waals surface area contributed by atoms with Crippen molar-refractivity contribution in [1.29, 1.82) is 0 Å². The lowest BCUT2D eigenvalue weighted by atomic mass is 9.98. The van der Waals surface area contributed by atoms with E-state index in [-0.39, 0.29) is 23.7 Å². The molecule has 0 spiro atoms. The molecule has 0 bridgehead atoms. The maximum Gasteiger partial charge on any atom is 0.270 e. The number of carbonyl (C=O) groups is 2. The molecule has 6 nitrogen and oxygen atoms in total. The van der Waals surface area contributed by atoms with Crippen LogP contribution in [0, 0.1) is 5.92 Å². The number of carbonyl (C=O) groups excluding carboxylic acids is 2. The normalized spacial score (nSPS) is 17.5. The van der Waals surface area contributed by atoms with Crippen LogP contribution in [0.3, 0.4) is 0 Å². The van der Waals surface area contributed by atoms with Crippen molar-refractivity contribution < 1.29 is 9.59 Å². The van der Waals surface area contributed by atoms with Crippen molar-refractivity contribution in [3.05, 3.63) is 40.1 Å². The average Bonchev–Trinajstić information content (AvgIpc) is 3.28. The fourth-order valence-corrected chi connectivity index (χ4v) is 4.13. The molecule has 2 aromatic heterocycles. The van der Waals surface area contributed by atoms with Crippen LogP contribution in [-0.2, 0) is 18.4 Å². The summed E-state index contributed by atoms with van der Waals surface area (Å²) in [7, 11) is 1.90. The molecule has 1 saturated heterocycles. The summed E-state index contributed by atoms with van der Waals surface area (Å²) in [6, 6.07) is 3.76. The van der Waals surface area contributed by atoms with Crippen LogP contribution in [0.1, 0.15) is 53.8 Å². The lowest BCUT2D eigenvalue weighted by molar-refractivity contribution is -0.124. The summed E-state index contributed by atoms with van der Waals surface area (Å²) in [6.07, 6.45) is 3.93. The van der Waals surface area contributed by atoms with Crippen LogP contribution in [0.5, 0.6) is 0 Å². The van der Waals surface area contributed by atoms with Crippen LogP contribution in [0.15, 0.2) is 23.7 Å². The third kappa shape index (κ3) is 4.15. The first kappa shape index (κ1) is 18.6. The van der Waals surface area contributed by atoms with Crippen LogP contribution in [0.4, 0.5) is 0 Å². The summed E-state index contributed by atoms with van der Waals surface area (Å²) >= 11 is 1.62. The van der Waals surface area contributed by atoms with Gasteiger partial charge >= 0.3 is 0 Å². The Kier molecular flexibility index (Phi) is 5.76. The molecule has 3 heterocycles. The Bertz CT molecular complexity index is 780. The molecular weight excluding hydrogens is 348 g/mol. The Morgan fingerprint density at radius 1 is 1.42 bits per heavy atom. The van der Waals surface area contributed by atoms with Crippen molar-refractivity contribution in [2.24, 2.45) is 13.0 Å². The molecule has 0 radical (unpaired) electrons. The van der Waals surface area contributed by atoms with E-state index >= 15 is 0 Å². The first-order chi connectivity index (χ1) is 12.5. The quantitative estimate of drug-likeness (QED) is 0.875. The van der Waals surface area contributed by atoms with Gasteiger partial charge in [-0.25, -0.2) is 4.98 Å². The number of nitrogens with one attached hydrogen (secondary N) is 1. The first-order valence-corrected chi connectivity index (χ1v) is 9.96. The summed E-state index contributed by atoms with van der Waals surface area (Å²) in [5.41, 5.74) is 1.62. The number of hydrogen-bond acceptors (Lipinski definition) is 4. The third-order valence-electron chi connectivity index (χ3n) is 4.76. The molecule has 1 N–H and O–H groups in total. The molecule has 0 aliphatic carbocycles. The van der Waals surface area contributed by atoms with Crippen molar-refractivity contribution in [2.75, 3.05) is 13.1 Å². The van der Waals surface area contributed by atoms with Crippen LogP contribution in [0.25, 0.3) is 0 Å². The van der Waals surface area contributed by atoms with Gasteiger partial charge in [0.05, 0.1) is 17.2 Å². The predicted molar refractivity (Wildman–Crippen MR) is 102 cm³/mol. The van der Waals surface area contributed by atoms with E-state index in [1.54, 1.807) is 11.3 Å². The lowest BCUT2D eigenvalue weighted by Crippen LogP contribution is -2.39. The molecule has 140 valence electrons. The highest BCUT2D eigenvalue weighted by Crippen LogP contribution is 2.30. The molecule has 2 amide bonds. The number of piperidine rings is 1. The van der Waals surface area contributed by atoms with E-state index in [1.807, 2.05) is 54.1 Å². The van der Waals surface area contributed by atoms with Gasteiger partial charge in [0.2, 0.25) is 5.91 Å². The van der Waals surface area contributed by atoms with Crippen molar-refractivity contribution in [1.82, 2.24) is 19.8 Å². The van der Waals surface area contributed by atoms with Crippen molar-refractivity contribution >= 4 is 23.2 Å². The third-order valence-corrected chi connectivity index (χ3v) is 5.81. The van der Waals surface area contributed by atoms with Crippen LogP contribution in [0.2, 0.25) is 0 Å². The second-order valence-corrected chi connectivity index (χ2v) is 8.03. The highest BCUT2D eigenvalue weighted by atomic mass is 32.1. The molecule has 1 aliphatic heterocycles. The summed E-state index contributed by atoms with van der Waals surface area (Å²) < 4.78 is 1.87. The maximum absolute atomic E-state index is 12.7. The molecule has 0 saturated carbocycles. The monoisotopic (exact) mass is 374 g/mol. The molecule has 26 heavy (non-hydrogen) atoms. The number of aryl methyl sites for hydroxylation is 1. The molecular formula is C19H26N4O2S. The molecule has 1 aliphatic rings. The van der Waals surface area contributed by atoms with Crippen molar-refractivity contribution in [3.63, 3.8) is 0 Å². The number of likely N-dealkylation sites (tertiary alicyclic amines) is 1. The van der Waals surface area contributed by atoms with Gasteiger partial charge in [-0.2, -0.15) is 0 Å². The standard InChI is InChI=1S/C19H26N4O2S/c1-13(2)17(24)20-10-15-12-26-18(21-15)14-6-4-9-23(11-14)19(25)16-7-5-8-22(16)3/h5,7-8,12-14H,4,6,9-11H2,1-3H3,(H,20,24). The van der Waals surface area contributed by atoms with Gasteiger partial charge < -0.3 is 14.8 Å².